The van der Waals surface area contributed by atoms with E-state index in [-0.39, 0.29) is 10.8 Å². The molecule has 0 saturated heterocycles. The molecule has 4 aliphatic carbocycles. The highest BCUT2D eigenvalue weighted by molar-refractivity contribution is 5.87. The molecular formula is C19H27NO2. The maximum atomic E-state index is 12.4. The maximum absolute atomic E-state index is 12.4. The third-order valence-corrected chi connectivity index (χ3v) is 7.73. The quantitative estimate of drug-likeness (QED) is 0.757. The fraction of sp³-hybridized carbons (Fsp3) is 0.789. The van der Waals surface area contributed by atoms with Crippen molar-refractivity contribution < 1.29 is 9.59 Å². The fourth-order valence-corrected chi connectivity index (χ4v) is 6.44. The molecule has 0 spiro atoms. The summed E-state index contributed by atoms with van der Waals surface area (Å²) in [5.74, 6) is 2.61. The van der Waals surface area contributed by atoms with Crippen molar-refractivity contribution in [2.45, 2.75) is 58.3 Å². The van der Waals surface area contributed by atoms with Gasteiger partial charge in [0.15, 0.2) is 0 Å². The van der Waals surface area contributed by atoms with Crippen molar-refractivity contribution in [1.82, 2.24) is 0 Å². The van der Waals surface area contributed by atoms with Crippen LogP contribution in [0.2, 0.25) is 0 Å². The first-order valence-electron chi connectivity index (χ1n) is 8.96. The standard InChI is InChI=1S/C19H27NO2/c1-18-8-7-16-14(15(18)4-5-17(18)22)3-2-12-10-13(21)6-9-19(12,16)11-20/h2,14-16H,3-11,20H2,1H3/t14-,15-,16+,18-,19+/m0/s1. The number of carbonyl (C=O) groups is 2. The van der Waals surface area contributed by atoms with Crippen molar-refractivity contribution in [3.8, 4) is 0 Å². The molecule has 0 heterocycles. The number of carbonyl (C=O) groups excluding carboxylic acids is 2. The van der Waals surface area contributed by atoms with E-state index in [9.17, 15) is 9.59 Å². The van der Waals surface area contributed by atoms with E-state index in [1.54, 1.807) is 0 Å². The molecule has 0 aromatic heterocycles. The van der Waals surface area contributed by atoms with Crippen LogP contribution >= 0.6 is 0 Å². The second kappa shape index (κ2) is 4.77. The molecule has 5 atom stereocenters. The highest BCUT2D eigenvalue weighted by Gasteiger charge is 2.59. The third-order valence-electron chi connectivity index (χ3n) is 7.73. The monoisotopic (exact) mass is 301 g/mol. The Bertz CT molecular complexity index is 566. The zero-order valence-electron chi connectivity index (χ0n) is 13.6. The summed E-state index contributed by atoms with van der Waals surface area (Å²) in [5, 5.41) is 0. The summed E-state index contributed by atoms with van der Waals surface area (Å²) in [6, 6.07) is 0. The Morgan fingerprint density at radius 3 is 2.77 bits per heavy atom. The van der Waals surface area contributed by atoms with Crippen LogP contribution in [0.1, 0.15) is 58.3 Å². The maximum Gasteiger partial charge on any atom is 0.139 e. The number of hydrogen-bond donors (Lipinski definition) is 1. The van der Waals surface area contributed by atoms with Crippen LogP contribution in [-0.2, 0) is 9.59 Å². The summed E-state index contributed by atoms with van der Waals surface area (Å²) in [4.78, 5) is 24.3. The molecule has 3 heteroatoms. The third kappa shape index (κ3) is 1.72. The van der Waals surface area contributed by atoms with Crippen molar-refractivity contribution in [2.75, 3.05) is 6.54 Å². The first-order chi connectivity index (χ1) is 10.5. The van der Waals surface area contributed by atoms with Gasteiger partial charge in [-0.3, -0.25) is 9.59 Å². The van der Waals surface area contributed by atoms with Gasteiger partial charge in [0, 0.05) is 36.6 Å². The Morgan fingerprint density at radius 2 is 2.00 bits per heavy atom. The summed E-state index contributed by atoms with van der Waals surface area (Å²) in [6.07, 6.45) is 9.63. The van der Waals surface area contributed by atoms with E-state index >= 15 is 0 Å². The van der Waals surface area contributed by atoms with E-state index in [1.165, 1.54) is 5.57 Å². The van der Waals surface area contributed by atoms with E-state index in [0.717, 1.165) is 38.5 Å². The molecule has 2 N–H and O–H groups in total. The van der Waals surface area contributed by atoms with Crippen LogP contribution in [0.25, 0.3) is 0 Å². The Labute approximate surface area is 132 Å². The molecule has 0 radical (unpaired) electrons. The number of allylic oxidation sites excluding steroid dienone is 1. The lowest BCUT2D eigenvalue weighted by atomic mass is 9.47. The lowest BCUT2D eigenvalue weighted by Gasteiger charge is -2.57. The summed E-state index contributed by atoms with van der Waals surface area (Å²) in [6.45, 7) is 2.88. The molecular weight excluding hydrogens is 274 g/mol. The largest absolute Gasteiger partial charge is 0.330 e. The molecule has 3 nitrogen and oxygen atoms in total. The highest BCUT2D eigenvalue weighted by Crippen LogP contribution is 2.63. The van der Waals surface area contributed by atoms with Crippen molar-refractivity contribution >= 4 is 11.6 Å². The molecule has 3 fully saturated rings. The van der Waals surface area contributed by atoms with Crippen molar-refractivity contribution in [3.63, 3.8) is 0 Å². The second-order valence-corrected chi connectivity index (χ2v) is 8.34. The minimum atomic E-state index is -0.0766. The second-order valence-electron chi connectivity index (χ2n) is 8.34. The normalized spacial score (nSPS) is 47.5. The smallest absolute Gasteiger partial charge is 0.139 e. The summed E-state index contributed by atoms with van der Waals surface area (Å²) >= 11 is 0. The molecule has 3 saturated carbocycles. The Kier molecular flexibility index (Phi) is 3.17. The molecule has 4 rings (SSSR count). The van der Waals surface area contributed by atoms with Gasteiger partial charge in [0.1, 0.15) is 11.6 Å². The molecule has 0 bridgehead atoms. The van der Waals surface area contributed by atoms with E-state index in [2.05, 4.69) is 13.0 Å². The fourth-order valence-electron chi connectivity index (χ4n) is 6.44. The van der Waals surface area contributed by atoms with Gasteiger partial charge in [0.25, 0.3) is 0 Å². The highest BCUT2D eigenvalue weighted by atomic mass is 16.1. The van der Waals surface area contributed by atoms with E-state index in [4.69, 9.17) is 5.73 Å². The molecule has 0 aromatic rings. The lowest BCUT2D eigenvalue weighted by molar-refractivity contribution is -0.132. The van der Waals surface area contributed by atoms with Crippen molar-refractivity contribution in [3.05, 3.63) is 11.6 Å². The van der Waals surface area contributed by atoms with Gasteiger partial charge in [0.2, 0.25) is 0 Å². The van der Waals surface area contributed by atoms with Gasteiger partial charge < -0.3 is 5.73 Å². The van der Waals surface area contributed by atoms with Gasteiger partial charge in [-0.05, 0) is 49.9 Å². The van der Waals surface area contributed by atoms with Crippen LogP contribution in [0.3, 0.4) is 0 Å². The Morgan fingerprint density at radius 1 is 1.18 bits per heavy atom. The van der Waals surface area contributed by atoms with Gasteiger partial charge in [-0.2, -0.15) is 0 Å². The van der Waals surface area contributed by atoms with E-state index < -0.39 is 0 Å². The first-order valence-corrected chi connectivity index (χ1v) is 8.96. The molecule has 0 amide bonds. The molecule has 22 heavy (non-hydrogen) atoms. The summed E-state index contributed by atoms with van der Waals surface area (Å²) < 4.78 is 0. The van der Waals surface area contributed by atoms with Crippen molar-refractivity contribution in [2.24, 2.45) is 34.3 Å². The van der Waals surface area contributed by atoms with Crippen LogP contribution in [0.15, 0.2) is 11.6 Å². The van der Waals surface area contributed by atoms with Gasteiger partial charge in [-0.25, -0.2) is 0 Å². The number of ketones is 2. The SMILES string of the molecule is C[C@]12CC[C@@H]3[C@@H](CC=C4CC(=O)CC[C@@]43CN)[C@@H]1CCC2=O. The number of Topliss-reactive ketones (excluding diaryl/α,β-unsaturated/α-hetero) is 2. The minimum absolute atomic E-state index is 0.0593. The number of rotatable bonds is 1. The minimum Gasteiger partial charge on any atom is -0.330 e. The summed E-state index contributed by atoms with van der Waals surface area (Å²) in [5.41, 5.74) is 7.60. The zero-order chi connectivity index (χ0) is 15.5. The molecule has 120 valence electrons. The van der Waals surface area contributed by atoms with Crippen LogP contribution in [0.4, 0.5) is 0 Å². The predicted molar refractivity (Wildman–Crippen MR) is 85.1 cm³/mol. The van der Waals surface area contributed by atoms with Crippen molar-refractivity contribution in [1.29, 1.82) is 0 Å². The molecule has 0 aliphatic heterocycles. The van der Waals surface area contributed by atoms with Crippen LogP contribution < -0.4 is 5.73 Å². The van der Waals surface area contributed by atoms with Gasteiger partial charge in [0.05, 0.1) is 0 Å². The average molecular weight is 301 g/mol. The van der Waals surface area contributed by atoms with Gasteiger partial charge in [-0.1, -0.05) is 18.6 Å². The topological polar surface area (TPSA) is 60.2 Å². The molecule has 0 aromatic carbocycles. The van der Waals surface area contributed by atoms with Gasteiger partial charge in [-0.15, -0.1) is 0 Å². The molecule has 4 aliphatic rings. The van der Waals surface area contributed by atoms with Crippen LogP contribution in [0, 0.1) is 28.6 Å². The van der Waals surface area contributed by atoms with Crippen LogP contribution in [0.5, 0.6) is 0 Å². The number of fused-ring (bicyclic) bond motifs is 5. The summed E-state index contributed by atoms with van der Waals surface area (Å²) in [7, 11) is 0. The first kappa shape index (κ1) is 14.6. The van der Waals surface area contributed by atoms with E-state index in [0.29, 0.717) is 48.7 Å². The van der Waals surface area contributed by atoms with E-state index in [1.807, 2.05) is 0 Å². The Balaban J connectivity index is 1.73. The predicted octanol–water partition coefficient (Wildman–Crippen LogP) is 3.03. The zero-order valence-corrected chi connectivity index (χ0v) is 13.6. The van der Waals surface area contributed by atoms with Gasteiger partial charge >= 0.3 is 0 Å². The molecule has 0 unspecified atom stereocenters. The number of nitrogens with two attached hydrogens (primary N) is 1. The average Bonchev–Trinajstić information content (AvgIpc) is 2.82. The lowest BCUT2D eigenvalue weighted by Crippen LogP contribution is -2.53. The van der Waals surface area contributed by atoms with Crippen LogP contribution in [-0.4, -0.2) is 18.1 Å². The number of hydrogen-bond acceptors (Lipinski definition) is 3. The Hall–Kier alpha value is -0.960.